The maximum atomic E-state index is 10.6. The highest BCUT2D eigenvalue weighted by atomic mass is 127. The summed E-state index contributed by atoms with van der Waals surface area (Å²) in [6, 6.07) is 5.14. The Morgan fingerprint density at radius 2 is 2.21 bits per heavy atom. The Bertz CT molecular complexity index is 349. The van der Waals surface area contributed by atoms with E-state index < -0.39 is 11.9 Å². The molecule has 14 heavy (non-hydrogen) atoms. The summed E-state index contributed by atoms with van der Waals surface area (Å²) in [7, 11) is 0. The van der Waals surface area contributed by atoms with E-state index in [4.69, 9.17) is 5.11 Å². The normalized spacial score (nSPS) is 12.4. The van der Waals surface area contributed by atoms with Gasteiger partial charge in [-0.1, -0.05) is 13.0 Å². The first-order valence-electron chi connectivity index (χ1n) is 4.21. The number of carboxylic acids is 1. The van der Waals surface area contributed by atoms with Gasteiger partial charge in [-0.15, -0.1) is 0 Å². The molecule has 4 heteroatoms. The summed E-state index contributed by atoms with van der Waals surface area (Å²) in [5, 5.41) is 18.0. The van der Waals surface area contributed by atoms with Crippen molar-refractivity contribution in [3.05, 3.63) is 27.3 Å². The fraction of sp³-hybridized carbons (Fsp3) is 0.300. The predicted molar refractivity (Wildman–Crippen MR) is 61.3 cm³/mol. The third-order valence-corrected chi connectivity index (χ3v) is 2.84. The molecule has 76 valence electrons. The monoisotopic (exact) mass is 306 g/mol. The molecule has 0 saturated heterocycles. The lowest BCUT2D eigenvalue weighted by molar-refractivity contribution is -0.141. The van der Waals surface area contributed by atoms with Crippen LogP contribution < -0.4 is 0 Å². The number of halogens is 1. The summed E-state index contributed by atoms with van der Waals surface area (Å²) < 4.78 is 0.748. The van der Waals surface area contributed by atoms with Crippen LogP contribution in [-0.4, -0.2) is 16.2 Å². The molecule has 0 heterocycles. The van der Waals surface area contributed by atoms with Crippen molar-refractivity contribution in [2.24, 2.45) is 5.92 Å². The van der Waals surface area contributed by atoms with Gasteiger partial charge in [-0.3, -0.25) is 4.79 Å². The van der Waals surface area contributed by atoms with Gasteiger partial charge in [-0.05, 0) is 46.7 Å². The number of phenolic OH excluding ortho intramolecular Hbond substituents is 1. The summed E-state index contributed by atoms with van der Waals surface area (Å²) in [5.74, 6) is -0.958. The number of carboxylic acid groups (broad SMARTS) is 1. The largest absolute Gasteiger partial charge is 0.507 e. The van der Waals surface area contributed by atoms with Crippen molar-refractivity contribution in [3.8, 4) is 5.75 Å². The first-order valence-corrected chi connectivity index (χ1v) is 5.28. The van der Waals surface area contributed by atoms with Crippen molar-refractivity contribution < 1.29 is 15.0 Å². The third-order valence-electron chi connectivity index (χ3n) is 1.98. The van der Waals surface area contributed by atoms with Crippen molar-refractivity contribution in [2.75, 3.05) is 0 Å². The van der Waals surface area contributed by atoms with E-state index in [1.165, 1.54) is 0 Å². The molecule has 0 amide bonds. The summed E-state index contributed by atoms with van der Waals surface area (Å²) in [4.78, 5) is 10.6. The molecule has 1 aromatic carbocycles. The molecule has 0 unspecified atom stereocenters. The average molecular weight is 306 g/mol. The minimum Gasteiger partial charge on any atom is -0.507 e. The predicted octanol–water partition coefficient (Wildman–Crippen LogP) is 2.26. The van der Waals surface area contributed by atoms with Crippen LogP contribution in [0.15, 0.2) is 18.2 Å². The number of phenols is 1. The van der Waals surface area contributed by atoms with Gasteiger partial charge in [0.05, 0.1) is 9.49 Å². The molecule has 0 saturated carbocycles. The molecule has 0 aliphatic heterocycles. The maximum absolute atomic E-state index is 10.6. The zero-order valence-corrected chi connectivity index (χ0v) is 9.85. The lowest BCUT2D eigenvalue weighted by Crippen LogP contribution is -2.12. The van der Waals surface area contributed by atoms with Gasteiger partial charge in [-0.2, -0.15) is 0 Å². The Hall–Kier alpha value is -0.780. The van der Waals surface area contributed by atoms with Gasteiger partial charge in [0.1, 0.15) is 5.75 Å². The van der Waals surface area contributed by atoms with Crippen molar-refractivity contribution in [2.45, 2.75) is 13.3 Å². The summed E-state index contributed by atoms with van der Waals surface area (Å²) in [6.45, 7) is 1.67. The molecular weight excluding hydrogens is 295 g/mol. The maximum Gasteiger partial charge on any atom is 0.306 e. The topological polar surface area (TPSA) is 57.5 Å². The van der Waals surface area contributed by atoms with Gasteiger partial charge in [-0.25, -0.2) is 0 Å². The minimum absolute atomic E-state index is 0.234. The highest BCUT2D eigenvalue weighted by molar-refractivity contribution is 14.1. The second-order valence-corrected chi connectivity index (χ2v) is 4.39. The van der Waals surface area contributed by atoms with Crippen molar-refractivity contribution in [1.82, 2.24) is 0 Å². The quantitative estimate of drug-likeness (QED) is 0.842. The Kier molecular flexibility index (Phi) is 3.74. The number of hydrogen-bond acceptors (Lipinski definition) is 2. The van der Waals surface area contributed by atoms with Crippen LogP contribution in [0.2, 0.25) is 0 Å². The van der Waals surface area contributed by atoms with E-state index in [0.717, 1.165) is 9.13 Å². The zero-order valence-electron chi connectivity index (χ0n) is 7.70. The van der Waals surface area contributed by atoms with Crippen LogP contribution in [0.3, 0.4) is 0 Å². The molecular formula is C10H11IO3. The van der Waals surface area contributed by atoms with Crippen molar-refractivity contribution >= 4 is 28.6 Å². The number of aliphatic carboxylic acids is 1. The number of carbonyl (C=O) groups is 1. The fourth-order valence-electron chi connectivity index (χ4n) is 1.12. The highest BCUT2D eigenvalue weighted by Crippen LogP contribution is 2.21. The SMILES string of the molecule is C[C@@H](Cc1ccc(O)c(I)c1)C(=O)O. The number of aromatic hydroxyl groups is 1. The highest BCUT2D eigenvalue weighted by Gasteiger charge is 2.12. The van der Waals surface area contributed by atoms with E-state index in [1.54, 1.807) is 25.1 Å². The molecule has 0 aromatic heterocycles. The summed E-state index contributed by atoms with van der Waals surface area (Å²) in [5.41, 5.74) is 0.933. The second kappa shape index (κ2) is 4.63. The fourth-order valence-corrected chi connectivity index (χ4v) is 1.70. The van der Waals surface area contributed by atoms with Gasteiger partial charge in [0, 0.05) is 0 Å². The van der Waals surface area contributed by atoms with E-state index in [1.807, 2.05) is 22.6 Å². The second-order valence-electron chi connectivity index (χ2n) is 3.23. The average Bonchev–Trinajstić information content (AvgIpc) is 2.11. The lowest BCUT2D eigenvalue weighted by Gasteiger charge is -2.06. The Labute approximate surface area is 95.9 Å². The van der Waals surface area contributed by atoms with Crippen LogP contribution in [0, 0.1) is 9.49 Å². The molecule has 1 atom stereocenters. The van der Waals surface area contributed by atoms with Crippen LogP contribution in [0.4, 0.5) is 0 Å². The van der Waals surface area contributed by atoms with E-state index in [0.29, 0.717) is 6.42 Å². The Morgan fingerprint density at radius 3 is 2.71 bits per heavy atom. The molecule has 1 rings (SSSR count). The smallest absolute Gasteiger partial charge is 0.306 e. The number of hydrogen-bond donors (Lipinski definition) is 2. The van der Waals surface area contributed by atoms with Gasteiger partial charge in [0.2, 0.25) is 0 Å². The van der Waals surface area contributed by atoms with Gasteiger partial charge in [0.25, 0.3) is 0 Å². The van der Waals surface area contributed by atoms with E-state index in [2.05, 4.69) is 0 Å². The van der Waals surface area contributed by atoms with Crippen LogP contribution in [-0.2, 0) is 11.2 Å². The Morgan fingerprint density at radius 1 is 1.57 bits per heavy atom. The van der Waals surface area contributed by atoms with Gasteiger partial charge in [0.15, 0.2) is 0 Å². The van der Waals surface area contributed by atoms with E-state index >= 15 is 0 Å². The first-order chi connectivity index (χ1) is 6.50. The molecule has 0 aliphatic rings. The van der Waals surface area contributed by atoms with Crippen molar-refractivity contribution in [1.29, 1.82) is 0 Å². The van der Waals surface area contributed by atoms with E-state index in [9.17, 15) is 9.90 Å². The first kappa shape index (κ1) is 11.3. The van der Waals surface area contributed by atoms with Crippen LogP contribution in [0.5, 0.6) is 5.75 Å². The van der Waals surface area contributed by atoms with Crippen LogP contribution in [0.1, 0.15) is 12.5 Å². The molecule has 0 radical (unpaired) electrons. The molecule has 1 aromatic rings. The minimum atomic E-state index is -0.798. The molecule has 0 bridgehead atoms. The molecule has 0 spiro atoms. The summed E-state index contributed by atoms with van der Waals surface area (Å²) in [6.07, 6.45) is 0.492. The molecule has 0 fully saturated rings. The zero-order chi connectivity index (χ0) is 10.7. The molecule has 0 aliphatic carbocycles. The molecule has 2 N–H and O–H groups in total. The van der Waals surface area contributed by atoms with Crippen LogP contribution >= 0.6 is 22.6 Å². The number of benzene rings is 1. The standard InChI is InChI=1S/C10H11IO3/c1-6(10(13)14)4-7-2-3-9(12)8(11)5-7/h2-3,5-6,12H,4H2,1H3,(H,13,14)/t6-/m0/s1. The van der Waals surface area contributed by atoms with E-state index in [-0.39, 0.29) is 5.75 Å². The lowest BCUT2D eigenvalue weighted by atomic mass is 10.0. The molecule has 3 nitrogen and oxygen atoms in total. The third kappa shape index (κ3) is 2.87. The van der Waals surface area contributed by atoms with Gasteiger partial charge >= 0.3 is 5.97 Å². The van der Waals surface area contributed by atoms with Crippen LogP contribution in [0.25, 0.3) is 0 Å². The van der Waals surface area contributed by atoms with Crippen molar-refractivity contribution in [3.63, 3.8) is 0 Å². The van der Waals surface area contributed by atoms with Gasteiger partial charge < -0.3 is 10.2 Å². The summed E-state index contributed by atoms with van der Waals surface area (Å²) >= 11 is 2.02. The number of rotatable bonds is 3. The Balaban J connectivity index is 2.78.